The number of ether oxygens (including phenoxy) is 4. The van der Waals surface area contributed by atoms with E-state index in [2.05, 4.69) is 55.4 Å². The van der Waals surface area contributed by atoms with Crippen LogP contribution in [0.15, 0.2) is 0 Å². The van der Waals surface area contributed by atoms with Gasteiger partial charge in [0.25, 0.3) is 0 Å². The summed E-state index contributed by atoms with van der Waals surface area (Å²) in [6.07, 6.45) is 50.1. The van der Waals surface area contributed by atoms with Crippen LogP contribution < -0.4 is 0 Å². The fraction of sp³-hybridized carbons (Fsp3) is 0.947. The molecule has 95 heavy (non-hydrogen) atoms. The van der Waals surface area contributed by atoms with Crippen molar-refractivity contribution in [2.45, 2.75) is 401 Å². The third-order valence-electron chi connectivity index (χ3n) is 17.6. The van der Waals surface area contributed by atoms with Crippen molar-refractivity contribution in [3.63, 3.8) is 0 Å². The number of rotatable bonds is 73. The molecule has 0 aromatic rings. The lowest BCUT2D eigenvalue weighted by Gasteiger charge is -2.21. The van der Waals surface area contributed by atoms with Gasteiger partial charge in [0.15, 0.2) is 12.2 Å². The highest BCUT2D eigenvalue weighted by atomic mass is 31.2. The Balaban J connectivity index is 5.22. The van der Waals surface area contributed by atoms with Crippen LogP contribution in [0.25, 0.3) is 0 Å². The Labute approximate surface area is 581 Å². The summed E-state index contributed by atoms with van der Waals surface area (Å²) < 4.78 is 68.5. The van der Waals surface area contributed by atoms with E-state index in [1.807, 2.05) is 0 Å². The van der Waals surface area contributed by atoms with Gasteiger partial charge in [-0.25, -0.2) is 9.13 Å². The Bertz CT molecular complexity index is 1870. The molecule has 19 heteroatoms. The number of phosphoric ester groups is 2. The van der Waals surface area contributed by atoms with E-state index in [4.69, 9.17) is 37.0 Å². The molecule has 0 aromatic carbocycles. The Hall–Kier alpha value is -1.94. The van der Waals surface area contributed by atoms with Crippen LogP contribution in [0, 0.1) is 23.7 Å². The van der Waals surface area contributed by atoms with Gasteiger partial charge in [-0.05, 0) is 49.4 Å². The number of esters is 4. The van der Waals surface area contributed by atoms with Gasteiger partial charge in [0.1, 0.15) is 19.3 Å². The first-order valence-electron chi connectivity index (χ1n) is 39.2. The minimum Gasteiger partial charge on any atom is -0.462 e. The minimum absolute atomic E-state index is 0.105. The van der Waals surface area contributed by atoms with E-state index in [0.717, 1.165) is 114 Å². The Kier molecular flexibility index (Phi) is 64.0. The van der Waals surface area contributed by atoms with E-state index in [1.165, 1.54) is 180 Å². The maximum Gasteiger partial charge on any atom is 0.472 e. The molecule has 0 radical (unpaired) electrons. The molecule has 0 aromatic heterocycles. The lowest BCUT2D eigenvalue weighted by Crippen LogP contribution is -2.30. The average molecular weight is 1400 g/mol. The first-order chi connectivity index (χ1) is 45.6. The van der Waals surface area contributed by atoms with E-state index in [0.29, 0.717) is 31.6 Å². The Morgan fingerprint density at radius 1 is 0.263 bits per heavy atom. The highest BCUT2D eigenvalue weighted by Gasteiger charge is 2.30. The Morgan fingerprint density at radius 2 is 0.442 bits per heavy atom. The zero-order chi connectivity index (χ0) is 70.3. The van der Waals surface area contributed by atoms with Crippen molar-refractivity contribution < 1.29 is 80.2 Å². The summed E-state index contributed by atoms with van der Waals surface area (Å²) in [5.74, 6) is 0.886. The van der Waals surface area contributed by atoms with E-state index < -0.39 is 97.5 Å². The summed E-state index contributed by atoms with van der Waals surface area (Å²) in [5, 5.41) is 10.6. The van der Waals surface area contributed by atoms with Gasteiger partial charge in [-0.3, -0.25) is 37.3 Å². The summed E-state index contributed by atoms with van der Waals surface area (Å²) in [4.78, 5) is 72.8. The highest BCUT2D eigenvalue weighted by Crippen LogP contribution is 2.45. The lowest BCUT2D eigenvalue weighted by molar-refractivity contribution is -0.161. The number of unbranched alkanes of at least 4 members (excludes halogenated alkanes) is 39. The van der Waals surface area contributed by atoms with Crippen LogP contribution in [-0.4, -0.2) is 96.7 Å². The predicted octanol–water partition coefficient (Wildman–Crippen LogP) is 22.0. The second kappa shape index (κ2) is 65.4. The van der Waals surface area contributed by atoms with Crippen molar-refractivity contribution in [2.75, 3.05) is 39.6 Å². The number of carbonyl (C=O) groups excluding carboxylic acids is 4. The van der Waals surface area contributed by atoms with Crippen LogP contribution in [0.1, 0.15) is 383 Å². The number of phosphoric acid groups is 2. The smallest absolute Gasteiger partial charge is 0.462 e. The third-order valence-corrected chi connectivity index (χ3v) is 19.5. The van der Waals surface area contributed by atoms with Crippen molar-refractivity contribution >= 4 is 39.5 Å². The van der Waals surface area contributed by atoms with Crippen molar-refractivity contribution in [2.24, 2.45) is 23.7 Å². The maximum atomic E-state index is 13.1. The Morgan fingerprint density at radius 3 is 0.653 bits per heavy atom. The van der Waals surface area contributed by atoms with Gasteiger partial charge in [0.05, 0.1) is 26.4 Å². The number of aliphatic hydroxyl groups is 1. The van der Waals surface area contributed by atoms with Crippen LogP contribution in [-0.2, 0) is 65.4 Å². The average Bonchev–Trinajstić information content (AvgIpc) is 2.28. The molecule has 0 saturated heterocycles. The molecule has 2 unspecified atom stereocenters. The van der Waals surface area contributed by atoms with E-state index >= 15 is 0 Å². The van der Waals surface area contributed by atoms with E-state index in [9.17, 15) is 43.2 Å². The first kappa shape index (κ1) is 93.1. The summed E-state index contributed by atoms with van der Waals surface area (Å²) in [6, 6.07) is 0. The molecule has 0 fully saturated rings. The number of hydrogen-bond acceptors (Lipinski definition) is 15. The third kappa shape index (κ3) is 70.3. The summed E-state index contributed by atoms with van der Waals surface area (Å²) in [7, 11) is -9.91. The second-order valence-electron chi connectivity index (χ2n) is 29.3. The fourth-order valence-electron chi connectivity index (χ4n) is 11.6. The molecule has 0 aliphatic rings. The molecular weight excluding hydrogens is 1250 g/mol. The van der Waals surface area contributed by atoms with Gasteiger partial charge in [-0.15, -0.1) is 0 Å². The SMILES string of the molecule is CC(C)CCCCCCCCCCCCCCCCCCC(=O)O[C@H](COC(=O)CCCCCCCCCCCC(C)C)COP(=O)(O)OC[C@@H](O)COP(=O)(O)OC[C@@H](COC(=O)CCCCCCCCC(C)C)OC(=O)CCCCCCCCCCCCCCC(C)C. The van der Waals surface area contributed by atoms with Gasteiger partial charge in [0.2, 0.25) is 0 Å². The topological polar surface area (TPSA) is 237 Å². The van der Waals surface area contributed by atoms with Crippen LogP contribution in [0.4, 0.5) is 0 Å². The zero-order valence-electron chi connectivity index (χ0n) is 62.3. The molecule has 0 rings (SSSR count). The predicted molar refractivity (Wildman–Crippen MR) is 386 cm³/mol. The molecule has 0 aliphatic heterocycles. The normalized spacial score (nSPS) is 14.1. The van der Waals surface area contributed by atoms with E-state index in [-0.39, 0.29) is 25.7 Å². The first-order valence-corrected chi connectivity index (χ1v) is 42.2. The van der Waals surface area contributed by atoms with Crippen LogP contribution in [0.3, 0.4) is 0 Å². The van der Waals surface area contributed by atoms with Gasteiger partial charge in [0, 0.05) is 25.7 Å². The van der Waals surface area contributed by atoms with Gasteiger partial charge < -0.3 is 33.8 Å². The summed E-state index contributed by atoms with van der Waals surface area (Å²) in [6.45, 7) is 14.1. The lowest BCUT2D eigenvalue weighted by atomic mass is 10.0. The molecule has 3 N–H and O–H groups in total. The molecular formula is C76H148O17P2. The maximum absolute atomic E-state index is 13.1. The summed E-state index contributed by atoms with van der Waals surface area (Å²) in [5.41, 5.74) is 0. The molecule has 17 nitrogen and oxygen atoms in total. The van der Waals surface area contributed by atoms with Crippen LogP contribution >= 0.6 is 15.6 Å². The zero-order valence-corrected chi connectivity index (χ0v) is 64.1. The quantitative estimate of drug-likeness (QED) is 0.0222. The van der Waals surface area contributed by atoms with Crippen molar-refractivity contribution in [3.05, 3.63) is 0 Å². The largest absolute Gasteiger partial charge is 0.472 e. The molecule has 0 bridgehead atoms. The van der Waals surface area contributed by atoms with E-state index in [1.54, 1.807) is 0 Å². The fourth-order valence-corrected chi connectivity index (χ4v) is 13.1. The van der Waals surface area contributed by atoms with Crippen molar-refractivity contribution in [3.8, 4) is 0 Å². The molecule has 0 heterocycles. The molecule has 564 valence electrons. The molecule has 0 amide bonds. The van der Waals surface area contributed by atoms with Gasteiger partial charge >= 0.3 is 39.5 Å². The number of carbonyl (C=O) groups is 4. The number of aliphatic hydroxyl groups excluding tert-OH is 1. The molecule has 0 spiro atoms. The monoisotopic (exact) mass is 1400 g/mol. The van der Waals surface area contributed by atoms with Gasteiger partial charge in [-0.1, -0.05) is 331 Å². The van der Waals surface area contributed by atoms with Crippen molar-refractivity contribution in [1.29, 1.82) is 0 Å². The standard InChI is InChI=1S/C76H148O17P2/c1-66(2)52-44-36-28-22-17-13-11-9-10-12-14-19-25-32-42-50-58-75(80)92-71(62-86-73(78)56-48-40-31-27-21-24-30-38-46-54-68(5)6)64-90-94(82,83)88-60-70(77)61-89-95(84,85)91-65-72(63-87-74(79)57-49-41-35-34-39-47-55-69(7)8)93-76(81)59-51-43-33-26-20-16-15-18-23-29-37-45-53-67(3)4/h66-72,77H,9-65H2,1-8H3,(H,82,83)(H,84,85)/t70-,71-,72-/m1/s1. The minimum atomic E-state index is -4.96. The molecule has 0 saturated carbocycles. The van der Waals surface area contributed by atoms with Gasteiger partial charge in [-0.2, -0.15) is 0 Å². The van der Waals surface area contributed by atoms with Crippen molar-refractivity contribution in [1.82, 2.24) is 0 Å². The molecule has 0 aliphatic carbocycles. The second-order valence-corrected chi connectivity index (χ2v) is 32.2. The van der Waals surface area contributed by atoms with Crippen LogP contribution in [0.5, 0.6) is 0 Å². The highest BCUT2D eigenvalue weighted by molar-refractivity contribution is 7.47. The molecule has 5 atom stereocenters. The van der Waals surface area contributed by atoms with Crippen LogP contribution in [0.2, 0.25) is 0 Å². The summed E-state index contributed by atoms with van der Waals surface area (Å²) >= 11 is 0. The number of hydrogen-bond donors (Lipinski definition) is 3.